The van der Waals surface area contributed by atoms with E-state index < -0.39 is 23.8 Å². The number of aliphatic hydroxyl groups excluding tert-OH is 1. The minimum atomic E-state index is -0.679. The van der Waals surface area contributed by atoms with E-state index in [1.54, 1.807) is 14.0 Å². The van der Waals surface area contributed by atoms with Crippen molar-refractivity contribution in [3.63, 3.8) is 0 Å². The van der Waals surface area contributed by atoms with Crippen molar-refractivity contribution in [2.24, 2.45) is 0 Å². The van der Waals surface area contributed by atoms with Crippen LogP contribution in [0.4, 0.5) is 0 Å². The highest BCUT2D eigenvalue weighted by atomic mass is 16.5. The number of nitrogens with one attached hydrogen (secondary N) is 3. The van der Waals surface area contributed by atoms with E-state index in [0.29, 0.717) is 12.8 Å². The summed E-state index contributed by atoms with van der Waals surface area (Å²) in [5, 5.41) is 17.2. The number of methoxy groups -OCH3 is 1. The van der Waals surface area contributed by atoms with Gasteiger partial charge in [-0.2, -0.15) is 0 Å². The molecule has 4 N–H and O–H groups in total. The van der Waals surface area contributed by atoms with E-state index in [1.165, 1.54) is 0 Å². The number of ether oxygens (including phenoxy) is 1. The quantitative estimate of drug-likeness (QED) is 0.473. The normalized spacial score (nSPS) is 20.7. The van der Waals surface area contributed by atoms with Gasteiger partial charge < -0.3 is 25.5 Å². The highest BCUT2D eigenvalue weighted by Crippen LogP contribution is 2.34. The Morgan fingerprint density at radius 3 is 2.50 bits per heavy atom. The summed E-state index contributed by atoms with van der Waals surface area (Å²) in [4.78, 5) is 28.3. The molecule has 32 heavy (non-hydrogen) atoms. The third-order valence-corrected chi connectivity index (χ3v) is 6.68. The molecule has 174 valence electrons. The van der Waals surface area contributed by atoms with Crippen LogP contribution < -0.4 is 10.6 Å². The largest absolute Gasteiger partial charge is 0.390 e. The Morgan fingerprint density at radius 1 is 1.19 bits per heavy atom. The number of benzene rings is 1. The van der Waals surface area contributed by atoms with Crippen LogP contribution in [0.5, 0.6) is 0 Å². The number of carbonyl (C=O) groups excluding carboxylic acids is 2. The highest BCUT2D eigenvalue weighted by molar-refractivity contribution is 5.97. The van der Waals surface area contributed by atoms with Crippen LogP contribution in [0.1, 0.15) is 51.4 Å². The summed E-state index contributed by atoms with van der Waals surface area (Å²) >= 11 is 0. The second-order valence-electron chi connectivity index (χ2n) is 9.81. The van der Waals surface area contributed by atoms with Crippen LogP contribution in [0, 0.1) is 0 Å². The number of hydrogen-bond acceptors (Lipinski definition) is 4. The molecule has 0 bridgehead atoms. The van der Waals surface area contributed by atoms with Gasteiger partial charge in [-0.15, -0.1) is 6.58 Å². The van der Waals surface area contributed by atoms with Crippen molar-refractivity contribution < 1.29 is 19.4 Å². The fraction of sp³-hybridized carbons (Fsp3) is 0.520. The van der Waals surface area contributed by atoms with Gasteiger partial charge in [-0.25, -0.2) is 0 Å². The Kier molecular flexibility index (Phi) is 6.54. The number of rotatable bonds is 8. The lowest BCUT2D eigenvalue weighted by Gasteiger charge is -2.29. The van der Waals surface area contributed by atoms with Crippen molar-refractivity contribution in [1.29, 1.82) is 0 Å². The van der Waals surface area contributed by atoms with E-state index in [1.807, 2.05) is 38.1 Å². The zero-order valence-electron chi connectivity index (χ0n) is 19.8. The van der Waals surface area contributed by atoms with Gasteiger partial charge in [0.25, 0.3) is 0 Å². The van der Waals surface area contributed by atoms with Gasteiger partial charge in [0.2, 0.25) is 11.8 Å². The number of aliphatic hydroxyl groups is 1. The van der Waals surface area contributed by atoms with Crippen LogP contribution in [-0.2, 0) is 32.6 Å². The molecule has 7 heteroatoms. The Morgan fingerprint density at radius 2 is 1.88 bits per heavy atom. The van der Waals surface area contributed by atoms with Gasteiger partial charge in [0.05, 0.1) is 11.7 Å². The molecule has 3 unspecified atom stereocenters. The van der Waals surface area contributed by atoms with Gasteiger partial charge in [0, 0.05) is 42.0 Å². The smallest absolute Gasteiger partial charge is 0.243 e. The minimum absolute atomic E-state index is 0.190. The van der Waals surface area contributed by atoms with Gasteiger partial charge in [0.15, 0.2) is 0 Å². The number of hydrogen-bond donors (Lipinski definition) is 4. The summed E-state index contributed by atoms with van der Waals surface area (Å²) in [6, 6.07) is 4.83. The van der Waals surface area contributed by atoms with Gasteiger partial charge in [-0.1, -0.05) is 26.0 Å². The molecule has 2 heterocycles. The molecule has 1 aromatic carbocycles. The van der Waals surface area contributed by atoms with Crippen LogP contribution in [0.3, 0.4) is 0 Å². The molecule has 7 nitrogen and oxygen atoms in total. The Bertz CT molecular complexity index is 1040. The average Bonchev–Trinajstić information content (AvgIpc) is 3.10. The average molecular weight is 442 g/mol. The number of H-pyrrole nitrogens is 1. The van der Waals surface area contributed by atoms with Crippen LogP contribution in [0.25, 0.3) is 10.9 Å². The summed E-state index contributed by atoms with van der Waals surface area (Å²) in [7, 11) is 1.59. The maximum Gasteiger partial charge on any atom is 0.243 e. The van der Waals surface area contributed by atoms with E-state index in [4.69, 9.17) is 4.74 Å². The van der Waals surface area contributed by atoms with E-state index >= 15 is 0 Å². The third-order valence-electron chi connectivity index (χ3n) is 6.68. The second-order valence-corrected chi connectivity index (χ2v) is 9.81. The summed E-state index contributed by atoms with van der Waals surface area (Å²) in [6.07, 6.45) is 1.97. The molecule has 0 spiro atoms. The molecule has 2 amide bonds. The van der Waals surface area contributed by atoms with Gasteiger partial charge in [0.1, 0.15) is 12.1 Å². The molecule has 1 saturated heterocycles. The predicted octanol–water partition coefficient (Wildman–Crippen LogP) is 2.51. The van der Waals surface area contributed by atoms with Crippen molar-refractivity contribution in [3.8, 4) is 0 Å². The Balaban J connectivity index is 2.05. The lowest BCUT2D eigenvalue weighted by Crippen LogP contribution is -2.61. The number of aromatic amines is 1. The third kappa shape index (κ3) is 4.59. The Hall–Kier alpha value is -2.64. The van der Waals surface area contributed by atoms with E-state index in [9.17, 15) is 14.7 Å². The molecule has 0 saturated carbocycles. The van der Waals surface area contributed by atoms with E-state index in [2.05, 4.69) is 36.0 Å². The first-order valence-corrected chi connectivity index (χ1v) is 11.0. The van der Waals surface area contributed by atoms with Gasteiger partial charge in [-0.05, 0) is 44.0 Å². The molecule has 1 aliphatic heterocycles. The summed E-state index contributed by atoms with van der Waals surface area (Å²) < 4.78 is 5.43. The van der Waals surface area contributed by atoms with Crippen LogP contribution in [-0.4, -0.2) is 52.8 Å². The number of carbonyl (C=O) groups is 2. The number of piperazine rings is 1. The zero-order valence-corrected chi connectivity index (χ0v) is 19.8. The fourth-order valence-electron chi connectivity index (χ4n) is 3.98. The molecule has 0 aliphatic carbocycles. The molecule has 3 atom stereocenters. The molecule has 1 aliphatic rings. The van der Waals surface area contributed by atoms with Gasteiger partial charge >= 0.3 is 0 Å². The van der Waals surface area contributed by atoms with Crippen LogP contribution in [0.15, 0.2) is 30.9 Å². The maximum atomic E-state index is 12.6. The Labute approximate surface area is 189 Å². The first kappa shape index (κ1) is 24.0. The summed E-state index contributed by atoms with van der Waals surface area (Å²) in [5.41, 5.74) is 2.77. The number of amides is 2. The molecule has 3 rings (SSSR count). The topological polar surface area (TPSA) is 103 Å². The van der Waals surface area contributed by atoms with Crippen LogP contribution in [0.2, 0.25) is 0 Å². The maximum absolute atomic E-state index is 12.6. The molecule has 1 fully saturated rings. The fourth-order valence-corrected chi connectivity index (χ4v) is 3.98. The molecular formula is C25H35N3O4. The lowest BCUT2D eigenvalue weighted by atomic mass is 9.84. The van der Waals surface area contributed by atoms with Crippen molar-refractivity contribution in [1.82, 2.24) is 15.6 Å². The first-order valence-electron chi connectivity index (χ1n) is 11.0. The van der Waals surface area contributed by atoms with Crippen LogP contribution >= 0.6 is 0 Å². The lowest BCUT2D eigenvalue weighted by molar-refractivity contribution is -0.136. The van der Waals surface area contributed by atoms with Crippen molar-refractivity contribution in [2.75, 3.05) is 7.11 Å². The molecule has 1 aromatic heterocycles. The molecule has 2 aromatic rings. The monoisotopic (exact) mass is 441 g/mol. The van der Waals surface area contributed by atoms with E-state index in [-0.39, 0.29) is 17.2 Å². The molecule has 0 radical (unpaired) electrons. The standard InChI is InChI=1S/C25H35N3O4/c1-8-24(3,4)21-17(13-19-23(31)26-14(2)22(30)28-19)16-11-15(9-10-18(16)27-21)12-20(29)25(5,6)32-7/h8-11,14,19-20,27,29H,1,12-13H2,2-7H3,(H,26,31)(H,28,30). The van der Waals surface area contributed by atoms with Crippen molar-refractivity contribution in [2.45, 2.75) is 76.7 Å². The number of fused-ring (bicyclic) bond motifs is 1. The second kappa shape index (κ2) is 8.71. The highest BCUT2D eigenvalue weighted by Gasteiger charge is 2.34. The summed E-state index contributed by atoms with van der Waals surface area (Å²) in [6.45, 7) is 13.5. The predicted molar refractivity (Wildman–Crippen MR) is 126 cm³/mol. The number of allylic oxidation sites excluding steroid dienone is 1. The molecular weight excluding hydrogens is 406 g/mol. The number of aromatic nitrogens is 1. The van der Waals surface area contributed by atoms with Gasteiger partial charge in [-0.3, -0.25) is 9.59 Å². The minimum Gasteiger partial charge on any atom is -0.390 e. The van der Waals surface area contributed by atoms with Crippen molar-refractivity contribution >= 4 is 22.7 Å². The SMILES string of the molecule is C=CC(C)(C)c1[nH]c2ccc(CC(O)C(C)(C)OC)cc2c1CC1NC(=O)C(C)NC1=O. The zero-order chi connectivity index (χ0) is 23.8. The summed E-state index contributed by atoms with van der Waals surface area (Å²) in [5.74, 6) is -0.383. The first-order chi connectivity index (χ1) is 14.9. The van der Waals surface area contributed by atoms with E-state index in [0.717, 1.165) is 27.7 Å². The van der Waals surface area contributed by atoms with Crippen molar-refractivity contribution in [3.05, 3.63) is 47.7 Å².